The number of nitrogens with two attached hydrogens (primary N) is 1. The van der Waals surface area contributed by atoms with E-state index in [-0.39, 0.29) is 17.4 Å². The molecule has 1 fully saturated rings. The van der Waals surface area contributed by atoms with Crippen LogP contribution in [0.2, 0.25) is 0 Å². The molecular weight excluding hydrogens is 352 g/mol. The Hall–Kier alpha value is -1.21. The Morgan fingerprint density at radius 3 is 3.05 bits per heavy atom. The molecule has 1 aliphatic rings. The van der Waals surface area contributed by atoms with Crippen LogP contribution in [0.1, 0.15) is 26.7 Å². The normalized spacial score (nSPS) is 21.1. The lowest BCUT2D eigenvalue weighted by atomic mass is 9.90. The minimum Gasteiger partial charge on any atom is -0.370 e. The Balaban J connectivity index is 2.04. The Labute approximate surface area is 135 Å². The first-order valence-corrected chi connectivity index (χ1v) is 8.42. The van der Waals surface area contributed by atoms with Gasteiger partial charge in [0.15, 0.2) is 0 Å². The zero-order valence-corrected chi connectivity index (χ0v) is 14.4. The molecule has 1 unspecified atom stereocenters. The summed E-state index contributed by atoms with van der Waals surface area (Å²) in [6.07, 6.45) is 2.89. The van der Waals surface area contributed by atoms with Crippen molar-refractivity contribution in [3.8, 4) is 0 Å². The number of rotatable bonds is 3. The third-order valence-electron chi connectivity index (χ3n) is 3.80. The summed E-state index contributed by atoms with van der Waals surface area (Å²) in [7, 11) is 0. The molecule has 0 bridgehead atoms. The van der Waals surface area contributed by atoms with Crippen LogP contribution < -0.4 is 10.6 Å². The molecule has 0 radical (unpaired) electrons. The van der Waals surface area contributed by atoms with E-state index < -0.39 is 0 Å². The fraction of sp³-hybridized carbons (Fsp3) is 0.500. The molecule has 3 heterocycles. The van der Waals surface area contributed by atoms with Crippen LogP contribution in [-0.4, -0.2) is 28.5 Å². The summed E-state index contributed by atoms with van der Waals surface area (Å²) in [6, 6.07) is 2.10. The highest BCUT2D eigenvalue weighted by molar-refractivity contribution is 9.11. The molecular formula is C14H17BrN4OS. The molecule has 0 aliphatic carbocycles. The number of carbonyl (C=O) groups is 1. The first-order valence-electron chi connectivity index (χ1n) is 6.81. The number of amides is 1. The van der Waals surface area contributed by atoms with Crippen molar-refractivity contribution in [3.63, 3.8) is 0 Å². The Bertz CT molecular complexity index is 699. The number of fused-ring (bicyclic) bond motifs is 1. The molecule has 21 heavy (non-hydrogen) atoms. The van der Waals surface area contributed by atoms with Gasteiger partial charge in [-0.3, -0.25) is 4.79 Å². The second-order valence-corrected chi connectivity index (χ2v) is 8.71. The SMILES string of the molecule is CC1(C)CC(CC(N)=O)N(c2ncnc3cc(Br)sc23)C1. The van der Waals surface area contributed by atoms with Gasteiger partial charge in [0.25, 0.3) is 0 Å². The second-order valence-electron chi connectivity index (χ2n) is 6.28. The number of hydrogen-bond acceptors (Lipinski definition) is 5. The van der Waals surface area contributed by atoms with Gasteiger partial charge in [0.05, 0.1) is 14.0 Å². The first kappa shape index (κ1) is 14.7. The Morgan fingerprint density at radius 2 is 2.33 bits per heavy atom. The molecule has 2 aromatic heterocycles. The molecule has 2 N–H and O–H groups in total. The van der Waals surface area contributed by atoms with Crippen molar-refractivity contribution >= 4 is 49.2 Å². The van der Waals surface area contributed by atoms with E-state index in [1.165, 1.54) is 0 Å². The molecule has 7 heteroatoms. The van der Waals surface area contributed by atoms with Crippen molar-refractivity contribution in [2.75, 3.05) is 11.4 Å². The molecule has 1 saturated heterocycles. The van der Waals surface area contributed by atoms with Crippen LogP contribution in [-0.2, 0) is 4.79 Å². The van der Waals surface area contributed by atoms with Gasteiger partial charge in [0.1, 0.15) is 12.1 Å². The molecule has 2 aromatic rings. The number of anilines is 1. The number of carbonyl (C=O) groups excluding carboxylic acids is 1. The number of halogens is 1. The van der Waals surface area contributed by atoms with Crippen molar-refractivity contribution in [1.82, 2.24) is 9.97 Å². The molecule has 1 amide bonds. The maximum atomic E-state index is 11.4. The van der Waals surface area contributed by atoms with Gasteiger partial charge < -0.3 is 10.6 Å². The fourth-order valence-corrected chi connectivity index (χ4v) is 4.63. The van der Waals surface area contributed by atoms with Gasteiger partial charge in [-0.25, -0.2) is 9.97 Å². The molecule has 5 nitrogen and oxygen atoms in total. The highest BCUT2D eigenvalue weighted by Gasteiger charge is 2.39. The number of nitrogens with zero attached hydrogens (tertiary/aromatic N) is 3. The summed E-state index contributed by atoms with van der Waals surface area (Å²) >= 11 is 5.12. The van der Waals surface area contributed by atoms with Gasteiger partial charge in [0.2, 0.25) is 5.91 Å². The molecule has 1 atom stereocenters. The van der Waals surface area contributed by atoms with Gasteiger partial charge in [0, 0.05) is 19.0 Å². The zero-order chi connectivity index (χ0) is 15.2. The average Bonchev–Trinajstić information content (AvgIpc) is 2.86. The minimum absolute atomic E-state index is 0.108. The lowest BCUT2D eigenvalue weighted by molar-refractivity contribution is -0.118. The highest BCUT2D eigenvalue weighted by Crippen LogP contribution is 2.42. The summed E-state index contributed by atoms with van der Waals surface area (Å²) < 4.78 is 2.08. The predicted octanol–water partition coefficient (Wildman–Crippen LogP) is 2.93. The van der Waals surface area contributed by atoms with Crippen LogP contribution in [0.15, 0.2) is 16.2 Å². The van der Waals surface area contributed by atoms with Crippen molar-refractivity contribution < 1.29 is 4.79 Å². The fourth-order valence-electron chi connectivity index (χ4n) is 3.08. The minimum atomic E-state index is -0.264. The molecule has 0 saturated carbocycles. The first-order chi connectivity index (χ1) is 9.85. The smallest absolute Gasteiger partial charge is 0.219 e. The van der Waals surface area contributed by atoms with Crippen molar-refractivity contribution in [1.29, 1.82) is 0 Å². The van der Waals surface area contributed by atoms with E-state index in [9.17, 15) is 4.79 Å². The molecule has 3 rings (SSSR count). The van der Waals surface area contributed by atoms with Crippen LogP contribution in [0.3, 0.4) is 0 Å². The van der Waals surface area contributed by atoms with Crippen LogP contribution in [0.5, 0.6) is 0 Å². The van der Waals surface area contributed by atoms with E-state index >= 15 is 0 Å². The topological polar surface area (TPSA) is 72.1 Å². The molecule has 0 spiro atoms. The summed E-state index contributed by atoms with van der Waals surface area (Å²) in [5, 5.41) is 0. The van der Waals surface area contributed by atoms with Gasteiger partial charge >= 0.3 is 0 Å². The zero-order valence-electron chi connectivity index (χ0n) is 12.0. The van der Waals surface area contributed by atoms with Crippen molar-refractivity contribution in [2.24, 2.45) is 11.1 Å². The van der Waals surface area contributed by atoms with Crippen LogP contribution in [0, 0.1) is 5.41 Å². The number of thiophene rings is 1. The highest BCUT2D eigenvalue weighted by atomic mass is 79.9. The largest absolute Gasteiger partial charge is 0.370 e. The van der Waals surface area contributed by atoms with Gasteiger partial charge in [-0.2, -0.15) is 0 Å². The number of primary amides is 1. The van der Waals surface area contributed by atoms with Gasteiger partial charge in [-0.05, 0) is 33.8 Å². The lowest BCUT2D eigenvalue weighted by Gasteiger charge is -2.25. The maximum Gasteiger partial charge on any atom is 0.219 e. The predicted molar refractivity (Wildman–Crippen MR) is 88.5 cm³/mol. The molecule has 1 aliphatic heterocycles. The summed E-state index contributed by atoms with van der Waals surface area (Å²) in [4.78, 5) is 22.4. The van der Waals surface area contributed by atoms with Crippen LogP contribution in [0.25, 0.3) is 10.2 Å². The average molecular weight is 369 g/mol. The number of hydrogen-bond donors (Lipinski definition) is 1. The van der Waals surface area contributed by atoms with Crippen molar-refractivity contribution in [2.45, 2.75) is 32.7 Å². The van der Waals surface area contributed by atoms with E-state index in [4.69, 9.17) is 5.73 Å². The van der Waals surface area contributed by atoms with Gasteiger partial charge in [-0.1, -0.05) is 13.8 Å². The molecule has 0 aromatic carbocycles. The second kappa shape index (κ2) is 5.21. The summed E-state index contributed by atoms with van der Waals surface area (Å²) in [6.45, 7) is 5.29. The lowest BCUT2D eigenvalue weighted by Crippen LogP contribution is -2.34. The quantitative estimate of drug-likeness (QED) is 0.903. The van der Waals surface area contributed by atoms with E-state index in [2.05, 4.69) is 44.6 Å². The van der Waals surface area contributed by atoms with E-state index in [1.54, 1.807) is 17.7 Å². The summed E-state index contributed by atoms with van der Waals surface area (Å²) in [5.74, 6) is 0.646. The monoisotopic (exact) mass is 368 g/mol. The third-order valence-corrected chi connectivity index (χ3v) is 5.42. The van der Waals surface area contributed by atoms with E-state index in [0.29, 0.717) is 6.42 Å². The third kappa shape index (κ3) is 2.89. The van der Waals surface area contributed by atoms with Crippen LogP contribution >= 0.6 is 27.3 Å². The van der Waals surface area contributed by atoms with Crippen molar-refractivity contribution in [3.05, 3.63) is 16.2 Å². The van der Waals surface area contributed by atoms with E-state index in [0.717, 1.165) is 32.8 Å². The number of aromatic nitrogens is 2. The van der Waals surface area contributed by atoms with Crippen LogP contribution in [0.4, 0.5) is 5.82 Å². The maximum absolute atomic E-state index is 11.4. The Morgan fingerprint density at radius 1 is 1.57 bits per heavy atom. The standard InChI is InChI=1S/C14H17BrN4OS/c1-14(2)5-8(3-11(16)20)19(6-14)13-12-9(17-7-18-13)4-10(15)21-12/h4,7-8H,3,5-6H2,1-2H3,(H2,16,20). The Kier molecular flexibility index (Phi) is 3.65. The van der Waals surface area contributed by atoms with E-state index in [1.807, 2.05) is 6.07 Å². The molecule has 112 valence electrons. The van der Waals surface area contributed by atoms with Gasteiger partial charge in [-0.15, -0.1) is 11.3 Å². The summed E-state index contributed by atoms with van der Waals surface area (Å²) in [5.41, 5.74) is 6.49.